The molecule has 1 atom stereocenters. The molecule has 5 nitrogen and oxygen atoms in total. The molecule has 0 aliphatic carbocycles. The lowest BCUT2D eigenvalue weighted by molar-refractivity contribution is -0.885. The Bertz CT molecular complexity index is 541. The molecule has 0 aliphatic heterocycles. The van der Waals surface area contributed by atoms with Crippen LogP contribution in [0.4, 0.5) is 4.79 Å². The topological polar surface area (TPSA) is 62.6 Å². The number of nitrogens with one attached hydrogen (secondary N) is 3. The molecule has 0 aromatic heterocycles. The Kier molecular flexibility index (Phi) is 7.75. The summed E-state index contributed by atoms with van der Waals surface area (Å²) >= 11 is 0. The first kappa shape index (κ1) is 19.2. The SMILES string of the molecule is Cc1ccc(C[NH+](C)CC(=O)NC(=O)NCCC(C)C)c(C)c1. The van der Waals surface area contributed by atoms with E-state index < -0.39 is 6.03 Å². The number of likely N-dealkylation sites (N-methyl/N-ethyl adjacent to an activating group) is 1. The number of carbonyl (C=O) groups excluding carboxylic acids is 2. The summed E-state index contributed by atoms with van der Waals surface area (Å²) in [4.78, 5) is 24.6. The van der Waals surface area contributed by atoms with E-state index >= 15 is 0 Å². The van der Waals surface area contributed by atoms with Gasteiger partial charge in [-0.2, -0.15) is 0 Å². The molecule has 0 heterocycles. The van der Waals surface area contributed by atoms with Crippen molar-refractivity contribution < 1.29 is 14.5 Å². The average Bonchev–Trinajstić information content (AvgIpc) is 2.41. The van der Waals surface area contributed by atoms with Crippen molar-refractivity contribution in [3.63, 3.8) is 0 Å². The maximum Gasteiger partial charge on any atom is 0.321 e. The summed E-state index contributed by atoms with van der Waals surface area (Å²) in [5.74, 6) is 0.272. The molecule has 0 aliphatic rings. The number of imide groups is 1. The van der Waals surface area contributed by atoms with Crippen LogP contribution < -0.4 is 15.5 Å². The minimum atomic E-state index is -0.407. The predicted molar refractivity (Wildman–Crippen MR) is 92.4 cm³/mol. The van der Waals surface area contributed by atoms with Gasteiger partial charge in [0.2, 0.25) is 0 Å². The van der Waals surface area contributed by atoms with Gasteiger partial charge < -0.3 is 10.2 Å². The van der Waals surface area contributed by atoms with Gasteiger partial charge in [0.1, 0.15) is 6.54 Å². The predicted octanol–water partition coefficient (Wildman–Crippen LogP) is 1.19. The Labute approximate surface area is 139 Å². The lowest BCUT2D eigenvalue weighted by atomic mass is 10.1. The molecule has 1 rings (SSSR count). The highest BCUT2D eigenvalue weighted by atomic mass is 16.2. The van der Waals surface area contributed by atoms with Gasteiger partial charge in [0.15, 0.2) is 6.54 Å². The van der Waals surface area contributed by atoms with Gasteiger partial charge in [0, 0.05) is 12.1 Å². The van der Waals surface area contributed by atoms with E-state index in [2.05, 4.69) is 56.5 Å². The van der Waals surface area contributed by atoms with Crippen molar-refractivity contribution in [2.75, 3.05) is 20.1 Å². The molecule has 3 amide bonds. The van der Waals surface area contributed by atoms with Gasteiger partial charge in [0.05, 0.1) is 7.05 Å². The van der Waals surface area contributed by atoms with Crippen molar-refractivity contribution in [2.45, 2.75) is 40.7 Å². The van der Waals surface area contributed by atoms with Gasteiger partial charge in [-0.3, -0.25) is 10.1 Å². The van der Waals surface area contributed by atoms with E-state index in [4.69, 9.17) is 0 Å². The van der Waals surface area contributed by atoms with E-state index in [-0.39, 0.29) is 12.5 Å². The summed E-state index contributed by atoms with van der Waals surface area (Å²) in [7, 11) is 1.95. The average molecular weight is 320 g/mol. The highest BCUT2D eigenvalue weighted by Crippen LogP contribution is 2.08. The van der Waals surface area contributed by atoms with Crippen molar-refractivity contribution in [3.8, 4) is 0 Å². The molecule has 23 heavy (non-hydrogen) atoms. The Morgan fingerprint density at radius 2 is 1.91 bits per heavy atom. The van der Waals surface area contributed by atoms with Crippen LogP contribution in [0.3, 0.4) is 0 Å². The molecule has 0 fully saturated rings. The number of amides is 3. The number of hydrogen-bond acceptors (Lipinski definition) is 2. The summed E-state index contributed by atoms with van der Waals surface area (Å²) < 4.78 is 0. The summed E-state index contributed by atoms with van der Waals surface area (Å²) in [5.41, 5.74) is 3.69. The van der Waals surface area contributed by atoms with E-state index in [1.165, 1.54) is 16.7 Å². The van der Waals surface area contributed by atoms with Crippen molar-refractivity contribution in [2.24, 2.45) is 5.92 Å². The molecular formula is C18H30N3O2+. The Hall–Kier alpha value is -1.88. The number of carbonyl (C=O) groups is 2. The summed E-state index contributed by atoms with van der Waals surface area (Å²) in [5, 5.41) is 5.09. The molecule has 3 N–H and O–H groups in total. The number of benzene rings is 1. The zero-order valence-electron chi connectivity index (χ0n) is 15.0. The third-order valence-corrected chi connectivity index (χ3v) is 3.71. The summed E-state index contributed by atoms with van der Waals surface area (Å²) in [6.07, 6.45) is 0.902. The van der Waals surface area contributed by atoms with E-state index in [9.17, 15) is 9.59 Å². The zero-order valence-corrected chi connectivity index (χ0v) is 15.0. The Morgan fingerprint density at radius 3 is 2.52 bits per heavy atom. The lowest BCUT2D eigenvalue weighted by Gasteiger charge is -2.15. The maximum absolute atomic E-state index is 11.9. The van der Waals surface area contributed by atoms with Gasteiger partial charge in [-0.05, 0) is 31.7 Å². The zero-order chi connectivity index (χ0) is 17.4. The molecule has 0 spiro atoms. The summed E-state index contributed by atoms with van der Waals surface area (Å²) in [6, 6.07) is 5.92. The van der Waals surface area contributed by atoms with Crippen molar-refractivity contribution in [1.29, 1.82) is 0 Å². The highest BCUT2D eigenvalue weighted by Gasteiger charge is 2.14. The van der Waals surface area contributed by atoms with Crippen LogP contribution in [0.2, 0.25) is 0 Å². The number of hydrogen-bond donors (Lipinski definition) is 3. The molecule has 0 radical (unpaired) electrons. The quantitative estimate of drug-likeness (QED) is 0.707. The molecule has 0 saturated carbocycles. The van der Waals surface area contributed by atoms with Crippen LogP contribution in [-0.2, 0) is 11.3 Å². The molecule has 1 unspecified atom stereocenters. The van der Waals surface area contributed by atoms with E-state index in [1.807, 2.05) is 7.05 Å². The van der Waals surface area contributed by atoms with Gasteiger partial charge in [0.25, 0.3) is 5.91 Å². The standard InChI is InChI=1S/C18H29N3O2/c1-13(2)8-9-19-18(23)20-17(22)12-21(5)11-16-7-6-14(3)10-15(16)4/h6-7,10,13H,8-9,11-12H2,1-5H3,(H2,19,20,22,23)/p+1. The number of quaternary nitrogens is 1. The third-order valence-electron chi connectivity index (χ3n) is 3.71. The molecule has 1 aromatic rings. The van der Waals surface area contributed by atoms with Gasteiger partial charge >= 0.3 is 6.03 Å². The molecular weight excluding hydrogens is 290 g/mol. The van der Waals surface area contributed by atoms with Gasteiger partial charge in [-0.1, -0.05) is 37.6 Å². The van der Waals surface area contributed by atoms with Crippen molar-refractivity contribution in [1.82, 2.24) is 10.6 Å². The monoisotopic (exact) mass is 320 g/mol. The van der Waals surface area contributed by atoms with Gasteiger partial charge in [-0.15, -0.1) is 0 Å². The Morgan fingerprint density at radius 1 is 1.22 bits per heavy atom. The second-order valence-corrected chi connectivity index (χ2v) is 6.73. The fourth-order valence-electron chi connectivity index (χ4n) is 2.40. The third kappa shape index (κ3) is 7.79. The van der Waals surface area contributed by atoms with Crippen molar-refractivity contribution >= 4 is 11.9 Å². The van der Waals surface area contributed by atoms with Crippen LogP contribution in [0.1, 0.15) is 37.0 Å². The minimum Gasteiger partial charge on any atom is -0.338 e. The first-order valence-corrected chi connectivity index (χ1v) is 8.23. The minimum absolute atomic E-state index is 0.255. The van der Waals surface area contributed by atoms with Crippen LogP contribution >= 0.6 is 0 Å². The smallest absolute Gasteiger partial charge is 0.321 e. The second-order valence-electron chi connectivity index (χ2n) is 6.73. The number of rotatable bonds is 7. The first-order chi connectivity index (χ1) is 10.8. The fraction of sp³-hybridized carbons (Fsp3) is 0.556. The molecule has 128 valence electrons. The van der Waals surface area contributed by atoms with Crippen LogP contribution in [0.25, 0.3) is 0 Å². The largest absolute Gasteiger partial charge is 0.338 e. The molecule has 1 aromatic carbocycles. The number of aryl methyl sites for hydroxylation is 2. The first-order valence-electron chi connectivity index (χ1n) is 8.23. The molecule has 5 heteroatoms. The van der Waals surface area contributed by atoms with E-state index in [1.54, 1.807) is 0 Å². The summed E-state index contributed by atoms with van der Waals surface area (Å²) in [6.45, 7) is 9.95. The van der Waals surface area contributed by atoms with Gasteiger partial charge in [-0.25, -0.2) is 4.79 Å². The Balaban J connectivity index is 2.37. The fourth-order valence-corrected chi connectivity index (χ4v) is 2.40. The maximum atomic E-state index is 11.9. The molecule has 0 saturated heterocycles. The van der Waals surface area contributed by atoms with Crippen molar-refractivity contribution in [3.05, 3.63) is 34.9 Å². The highest BCUT2D eigenvalue weighted by molar-refractivity contribution is 5.94. The van der Waals surface area contributed by atoms with Crippen LogP contribution in [0.5, 0.6) is 0 Å². The van der Waals surface area contributed by atoms with Crippen LogP contribution in [0.15, 0.2) is 18.2 Å². The second kappa shape index (κ2) is 9.30. The molecule has 0 bridgehead atoms. The number of urea groups is 1. The lowest BCUT2D eigenvalue weighted by Crippen LogP contribution is -3.09. The van der Waals surface area contributed by atoms with Crippen LogP contribution in [-0.4, -0.2) is 32.1 Å². The van der Waals surface area contributed by atoms with E-state index in [0.29, 0.717) is 12.5 Å². The normalized spacial score (nSPS) is 12.1. The van der Waals surface area contributed by atoms with E-state index in [0.717, 1.165) is 17.9 Å². The van der Waals surface area contributed by atoms with Crippen LogP contribution in [0, 0.1) is 19.8 Å².